The summed E-state index contributed by atoms with van der Waals surface area (Å²) in [5.74, 6) is -0.916. The molecule has 3 rings (SSSR count). The first-order valence-electron chi connectivity index (χ1n) is 6.03. The minimum absolute atomic E-state index is 0.287. The molecule has 100 valence electrons. The van der Waals surface area contributed by atoms with Crippen molar-refractivity contribution in [1.29, 1.82) is 0 Å². The number of hydrogen-bond donors (Lipinski definition) is 1. The van der Waals surface area contributed by atoms with E-state index in [0.717, 1.165) is 22.7 Å². The fraction of sp³-hybridized carbons (Fsp3) is 0.0667. The van der Waals surface area contributed by atoms with Gasteiger partial charge < -0.3 is 5.11 Å². The van der Waals surface area contributed by atoms with Crippen LogP contribution in [0.4, 0.5) is 0 Å². The summed E-state index contributed by atoms with van der Waals surface area (Å²) in [6.07, 6.45) is 0.834. The molecule has 0 bridgehead atoms. The molecule has 0 atom stereocenters. The van der Waals surface area contributed by atoms with Crippen LogP contribution in [-0.4, -0.2) is 16.1 Å². The molecule has 2 heterocycles. The zero-order chi connectivity index (χ0) is 13.9. The number of carboxylic acid groups (broad SMARTS) is 1. The van der Waals surface area contributed by atoms with Crippen LogP contribution in [0.25, 0.3) is 11.3 Å². The van der Waals surface area contributed by atoms with Crippen LogP contribution in [0.1, 0.15) is 20.2 Å². The number of carboxylic acids is 1. The Labute approximate surface area is 124 Å². The molecule has 0 saturated heterocycles. The fourth-order valence-electron chi connectivity index (χ4n) is 1.90. The van der Waals surface area contributed by atoms with Gasteiger partial charge in [-0.15, -0.1) is 22.7 Å². The van der Waals surface area contributed by atoms with Crippen LogP contribution in [0.5, 0.6) is 0 Å². The summed E-state index contributed by atoms with van der Waals surface area (Å²) in [5, 5.41) is 14.1. The third kappa shape index (κ3) is 2.79. The van der Waals surface area contributed by atoms with Crippen LogP contribution >= 0.6 is 22.7 Å². The molecule has 0 saturated carbocycles. The first-order valence-corrected chi connectivity index (χ1v) is 7.79. The van der Waals surface area contributed by atoms with E-state index in [1.807, 2.05) is 17.5 Å². The first-order chi connectivity index (χ1) is 9.72. The molecule has 0 radical (unpaired) electrons. The maximum atomic E-state index is 11.0. The monoisotopic (exact) mass is 301 g/mol. The first kappa shape index (κ1) is 13.0. The van der Waals surface area contributed by atoms with Crippen molar-refractivity contribution in [2.45, 2.75) is 6.42 Å². The predicted molar refractivity (Wildman–Crippen MR) is 81.6 cm³/mol. The molecule has 2 aromatic heterocycles. The van der Waals surface area contributed by atoms with Crippen molar-refractivity contribution in [1.82, 2.24) is 4.98 Å². The van der Waals surface area contributed by atoms with Crippen molar-refractivity contribution in [2.75, 3.05) is 0 Å². The number of nitrogens with zero attached hydrogens (tertiary/aromatic N) is 1. The molecule has 20 heavy (non-hydrogen) atoms. The SMILES string of the molecule is O=C(O)c1cccc(-c2csc(Cc3cccs3)n2)c1. The molecule has 5 heteroatoms. The van der Waals surface area contributed by atoms with Gasteiger partial charge in [0.05, 0.1) is 16.3 Å². The highest BCUT2D eigenvalue weighted by Crippen LogP contribution is 2.25. The topological polar surface area (TPSA) is 50.2 Å². The molecule has 0 spiro atoms. The molecule has 1 N–H and O–H groups in total. The third-order valence-electron chi connectivity index (χ3n) is 2.86. The van der Waals surface area contributed by atoms with Gasteiger partial charge in [0.2, 0.25) is 0 Å². The maximum absolute atomic E-state index is 11.0. The number of benzene rings is 1. The van der Waals surface area contributed by atoms with E-state index >= 15 is 0 Å². The number of carbonyl (C=O) groups is 1. The van der Waals surface area contributed by atoms with Gasteiger partial charge in [-0.1, -0.05) is 18.2 Å². The largest absolute Gasteiger partial charge is 0.478 e. The highest BCUT2D eigenvalue weighted by Gasteiger charge is 2.08. The van der Waals surface area contributed by atoms with Crippen LogP contribution in [0.2, 0.25) is 0 Å². The van der Waals surface area contributed by atoms with Crippen molar-refractivity contribution < 1.29 is 9.90 Å². The molecule has 0 unspecified atom stereocenters. The third-order valence-corrected chi connectivity index (χ3v) is 4.59. The van der Waals surface area contributed by atoms with Gasteiger partial charge in [-0.3, -0.25) is 0 Å². The second-order valence-corrected chi connectivity index (χ2v) is 6.24. The van der Waals surface area contributed by atoms with E-state index in [1.165, 1.54) is 4.88 Å². The van der Waals surface area contributed by atoms with Crippen LogP contribution in [0, 0.1) is 0 Å². The van der Waals surface area contributed by atoms with E-state index in [4.69, 9.17) is 5.11 Å². The van der Waals surface area contributed by atoms with Crippen molar-refractivity contribution in [3.8, 4) is 11.3 Å². The van der Waals surface area contributed by atoms with Crippen molar-refractivity contribution in [2.24, 2.45) is 0 Å². The highest BCUT2D eigenvalue weighted by molar-refractivity contribution is 7.11. The lowest BCUT2D eigenvalue weighted by Crippen LogP contribution is -1.95. The second-order valence-electron chi connectivity index (χ2n) is 4.27. The number of rotatable bonds is 4. The molecule has 0 fully saturated rings. The van der Waals surface area contributed by atoms with E-state index in [9.17, 15) is 4.79 Å². The average Bonchev–Trinajstić information content (AvgIpc) is 3.11. The number of thiophene rings is 1. The van der Waals surface area contributed by atoms with Crippen molar-refractivity contribution in [3.63, 3.8) is 0 Å². The summed E-state index contributed by atoms with van der Waals surface area (Å²) in [4.78, 5) is 16.9. The Bertz CT molecular complexity index is 732. The summed E-state index contributed by atoms with van der Waals surface area (Å²) < 4.78 is 0. The molecular formula is C15H11NO2S2. The molecule has 3 aromatic rings. The van der Waals surface area contributed by atoms with Gasteiger partial charge in [0.15, 0.2) is 0 Å². The molecule has 3 nitrogen and oxygen atoms in total. The van der Waals surface area contributed by atoms with E-state index in [2.05, 4.69) is 16.4 Å². The fourth-order valence-corrected chi connectivity index (χ4v) is 3.53. The highest BCUT2D eigenvalue weighted by atomic mass is 32.1. The Kier molecular flexibility index (Phi) is 3.62. The Morgan fingerprint density at radius 3 is 2.85 bits per heavy atom. The Morgan fingerprint density at radius 2 is 2.10 bits per heavy atom. The zero-order valence-electron chi connectivity index (χ0n) is 10.4. The maximum Gasteiger partial charge on any atom is 0.335 e. The Balaban J connectivity index is 1.86. The van der Waals surface area contributed by atoms with Gasteiger partial charge in [-0.05, 0) is 23.6 Å². The van der Waals surface area contributed by atoms with Crippen LogP contribution < -0.4 is 0 Å². The van der Waals surface area contributed by atoms with E-state index in [1.54, 1.807) is 40.9 Å². The number of thiazole rings is 1. The van der Waals surface area contributed by atoms with Gasteiger partial charge in [0.25, 0.3) is 0 Å². The van der Waals surface area contributed by atoms with E-state index in [0.29, 0.717) is 0 Å². The van der Waals surface area contributed by atoms with Gasteiger partial charge in [0, 0.05) is 22.2 Å². The summed E-state index contributed by atoms with van der Waals surface area (Å²) in [5.41, 5.74) is 1.97. The van der Waals surface area contributed by atoms with Crippen LogP contribution in [0.3, 0.4) is 0 Å². The zero-order valence-corrected chi connectivity index (χ0v) is 12.1. The quantitative estimate of drug-likeness (QED) is 0.787. The van der Waals surface area contributed by atoms with Gasteiger partial charge in [-0.2, -0.15) is 0 Å². The van der Waals surface area contributed by atoms with E-state index < -0.39 is 5.97 Å². The molecule has 0 aliphatic heterocycles. The van der Waals surface area contributed by atoms with Gasteiger partial charge in [-0.25, -0.2) is 9.78 Å². The minimum Gasteiger partial charge on any atom is -0.478 e. The number of aromatic nitrogens is 1. The van der Waals surface area contributed by atoms with E-state index in [-0.39, 0.29) is 5.56 Å². The standard InChI is InChI=1S/C15H11NO2S2/c17-15(18)11-4-1-3-10(7-11)13-9-20-14(16-13)8-12-5-2-6-19-12/h1-7,9H,8H2,(H,17,18). The number of aromatic carboxylic acids is 1. The molecule has 0 amide bonds. The lowest BCUT2D eigenvalue weighted by molar-refractivity contribution is 0.0697. The van der Waals surface area contributed by atoms with Gasteiger partial charge >= 0.3 is 5.97 Å². The van der Waals surface area contributed by atoms with Gasteiger partial charge in [0.1, 0.15) is 0 Å². The van der Waals surface area contributed by atoms with Crippen LogP contribution in [0.15, 0.2) is 47.2 Å². The smallest absolute Gasteiger partial charge is 0.335 e. The molecule has 1 aromatic carbocycles. The average molecular weight is 301 g/mol. The predicted octanol–water partition coefficient (Wildman–Crippen LogP) is 4.16. The lowest BCUT2D eigenvalue weighted by atomic mass is 10.1. The summed E-state index contributed by atoms with van der Waals surface area (Å²) in [6.45, 7) is 0. The Hall–Kier alpha value is -1.98. The van der Waals surface area contributed by atoms with Crippen LogP contribution in [-0.2, 0) is 6.42 Å². The normalized spacial score (nSPS) is 10.6. The minimum atomic E-state index is -0.916. The lowest BCUT2D eigenvalue weighted by Gasteiger charge is -1.98. The molecular weight excluding hydrogens is 290 g/mol. The number of hydrogen-bond acceptors (Lipinski definition) is 4. The summed E-state index contributed by atoms with van der Waals surface area (Å²) in [7, 11) is 0. The molecule has 0 aliphatic carbocycles. The summed E-state index contributed by atoms with van der Waals surface area (Å²) >= 11 is 3.32. The van der Waals surface area contributed by atoms with Crippen molar-refractivity contribution in [3.05, 3.63) is 62.6 Å². The summed E-state index contributed by atoms with van der Waals surface area (Å²) in [6, 6.07) is 11.0. The Morgan fingerprint density at radius 1 is 1.20 bits per heavy atom. The molecule has 0 aliphatic rings. The second kappa shape index (κ2) is 5.56. The van der Waals surface area contributed by atoms with Crippen molar-refractivity contribution >= 4 is 28.6 Å².